The number of rotatable bonds is 5. The maximum Gasteiger partial charge on any atom is 0.126 e. The fourth-order valence-corrected chi connectivity index (χ4v) is 2.36. The first-order valence-corrected chi connectivity index (χ1v) is 7.16. The molecule has 0 amide bonds. The summed E-state index contributed by atoms with van der Waals surface area (Å²) in [6.07, 6.45) is 3.95. The van der Waals surface area contributed by atoms with Crippen LogP contribution in [0.5, 0.6) is 0 Å². The van der Waals surface area contributed by atoms with Gasteiger partial charge >= 0.3 is 0 Å². The van der Waals surface area contributed by atoms with E-state index in [0.717, 1.165) is 22.8 Å². The minimum atomic E-state index is 0.390. The molecule has 2 aromatic heterocycles. The van der Waals surface area contributed by atoms with Crippen molar-refractivity contribution in [2.45, 2.75) is 46.3 Å². The molecule has 0 aliphatic carbocycles. The Kier molecular flexibility index (Phi) is 4.14. The van der Waals surface area contributed by atoms with Gasteiger partial charge < -0.3 is 5.32 Å². The number of nitrogens with one attached hydrogen (secondary N) is 1. The summed E-state index contributed by atoms with van der Waals surface area (Å²) in [5.74, 6) is 0. The lowest BCUT2D eigenvalue weighted by Gasteiger charge is -2.04. The Morgan fingerprint density at radius 1 is 1.33 bits per heavy atom. The van der Waals surface area contributed by atoms with E-state index in [1.54, 1.807) is 11.3 Å². The second-order valence-corrected chi connectivity index (χ2v) is 5.84. The lowest BCUT2D eigenvalue weighted by Crippen LogP contribution is -2.21. The zero-order chi connectivity index (χ0) is 13.1. The number of hydrogen-bond acceptors (Lipinski definition) is 4. The molecule has 0 spiro atoms. The Morgan fingerprint density at radius 3 is 2.72 bits per heavy atom. The Balaban J connectivity index is 2.08. The quantitative estimate of drug-likeness (QED) is 0.902. The molecule has 18 heavy (non-hydrogen) atoms. The normalized spacial score (nSPS) is 11.7. The first-order valence-electron chi connectivity index (χ1n) is 6.28. The molecule has 2 aromatic rings. The molecule has 2 heterocycles. The third-order valence-electron chi connectivity index (χ3n) is 2.62. The van der Waals surface area contributed by atoms with Crippen LogP contribution in [0, 0.1) is 0 Å². The SMILES string of the molecule is CC(C)NCc1csc(-c2cnn(C(C)C)c2)n1. The summed E-state index contributed by atoms with van der Waals surface area (Å²) >= 11 is 1.67. The van der Waals surface area contributed by atoms with Crippen LogP contribution >= 0.6 is 11.3 Å². The number of aromatic nitrogens is 3. The van der Waals surface area contributed by atoms with Crippen LogP contribution in [0.15, 0.2) is 17.8 Å². The van der Waals surface area contributed by atoms with Crippen molar-refractivity contribution in [2.75, 3.05) is 0 Å². The first-order chi connectivity index (χ1) is 8.56. The average molecular weight is 264 g/mol. The maximum absolute atomic E-state index is 4.63. The minimum Gasteiger partial charge on any atom is -0.309 e. The zero-order valence-corrected chi connectivity index (χ0v) is 12.2. The largest absolute Gasteiger partial charge is 0.309 e. The van der Waals surface area contributed by atoms with Crippen molar-refractivity contribution < 1.29 is 0 Å². The predicted molar refractivity (Wildman–Crippen MR) is 75.7 cm³/mol. The highest BCUT2D eigenvalue weighted by Crippen LogP contribution is 2.24. The van der Waals surface area contributed by atoms with Gasteiger partial charge in [-0.3, -0.25) is 4.68 Å². The summed E-state index contributed by atoms with van der Waals surface area (Å²) in [5, 5.41) is 10.9. The van der Waals surface area contributed by atoms with Gasteiger partial charge in [-0.15, -0.1) is 11.3 Å². The summed E-state index contributed by atoms with van der Waals surface area (Å²) in [4.78, 5) is 4.63. The predicted octanol–water partition coefficient (Wildman–Crippen LogP) is 3.09. The lowest BCUT2D eigenvalue weighted by atomic mass is 10.3. The van der Waals surface area contributed by atoms with Crippen molar-refractivity contribution in [3.8, 4) is 10.6 Å². The van der Waals surface area contributed by atoms with Crippen molar-refractivity contribution >= 4 is 11.3 Å². The molecule has 0 aromatic carbocycles. The molecule has 98 valence electrons. The average Bonchev–Trinajstić information content (AvgIpc) is 2.95. The smallest absolute Gasteiger partial charge is 0.126 e. The Bertz CT molecular complexity index is 499. The van der Waals surface area contributed by atoms with Crippen molar-refractivity contribution in [1.29, 1.82) is 0 Å². The van der Waals surface area contributed by atoms with Gasteiger partial charge in [-0.05, 0) is 13.8 Å². The van der Waals surface area contributed by atoms with Gasteiger partial charge in [0, 0.05) is 35.8 Å². The fraction of sp³-hybridized carbons (Fsp3) is 0.538. The second-order valence-electron chi connectivity index (χ2n) is 4.98. The van der Waals surface area contributed by atoms with Crippen molar-refractivity contribution in [3.05, 3.63) is 23.5 Å². The number of nitrogens with zero attached hydrogens (tertiary/aromatic N) is 3. The Hall–Kier alpha value is -1.20. The molecule has 2 rings (SSSR count). The molecule has 0 bridgehead atoms. The highest BCUT2D eigenvalue weighted by Gasteiger charge is 2.08. The molecule has 0 radical (unpaired) electrons. The van der Waals surface area contributed by atoms with Gasteiger partial charge in [0.15, 0.2) is 0 Å². The molecule has 0 aliphatic heterocycles. The van der Waals surface area contributed by atoms with Crippen molar-refractivity contribution in [3.63, 3.8) is 0 Å². The van der Waals surface area contributed by atoms with Gasteiger partial charge in [0.25, 0.3) is 0 Å². The standard InChI is InChI=1S/C13H20N4S/c1-9(2)14-6-12-8-18-13(16-12)11-5-15-17(7-11)10(3)4/h5,7-10,14H,6H2,1-4H3. The van der Waals surface area contributed by atoms with E-state index >= 15 is 0 Å². The molecule has 5 heteroatoms. The third-order valence-corrected chi connectivity index (χ3v) is 3.56. The molecule has 0 saturated heterocycles. The van der Waals surface area contributed by atoms with E-state index < -0.39 is 0 Å². The van der Waals surface area contributed by atoms with E-state index in [2.05, 4.69) is 54.7 Å². The molecular formula is C13H20N4S. The molecule has 0 aliphatic rings. The summed E-state index contributed by atoms with van der Waals surface area (Å²) < 4.78 is 1.96. The molecule has 4 nitrogen and oxygen atoms in total. The van der Waals surface area contributed by atoms with Crippen LogP contribution in [-0.4, -0.2) is 20.8 Å². The Morgan fingerprint density at radius 2 is 2.11 bits per heavy atom. The van der Waals surface area contributed by atoms with E-state index in [1.807, 2.05) is 10.9 Å². The Labute approximate surface area is 112 Å². The summed E-state index contributed by atoms with van der Waals surface area (Å²) in [5.41, 5.74) is 2.20. The van der Waals surface area contributed by atoms with Crippen molar-refractivity contribution in [1.82, 2.24) is 20.1 Å². The lowest BCUT2D eigenvalue weighted by molar-refractivity contribution is 0.532. The monoisotopic (exact) mass is 264 g/mol. The van der Waals surface area contributed by atoms with Crippen LogP contribution < -0.4 is 5.32 Å². The topological polar surface area (TPSA) is 42.7 Å². The summed E-state index contributed by atoms with van der Waals surface area (Å²) in [7, 11) is 0. The minimum absolute atomic E-state index is 0.390. The van der Waals surface area contributed by atoms with Crippen LogP contribution in [0.1, 0.15) is 39.4 Å². The van der Waals surface area contributed by atoms with Crippen LogP contribution in [-0.2, 0) is 6.54 Å². The van der Waals surface area contributed by atoms with Crippen LogP contribution in [0.4, 0.5) is 0 Å². The molecule has 0 unspecified atom stereocenters. The maximum atomic E-state index is 4.63. The van der Waals surface area contributed by atoms with Gasteiger partial charge in [-0.1, -0.05) is 13.8 Å². The highest BCUT2D eigenvalue weighted by molar-refractivity contribution is 7.13. The van der Waals surface area contributed by atoms with E-state index in [0.29, 0.717) is 12.1 Å². The van der Waals surface area contributed by atoms with E-state index in [4.69, 9.17) is 0 Å². The summed E-state index contributed by atoms with van der Waals surface area (Å²) in [6, 6.07) is 0.875. The molecule has 0 saturated carbocycles. The molecule has 0 atom stereocenters. The van der Waals surface area contributed by atoms with Gasteiger partial charge in [0.2, 0.25) is 0 Å². The van der Waals surface area contributed by atoms with Gasteiger partial charge in [-0.2, -0.15) is 5.10 Å². The molecule has 0 fully saturated rings. The number of hydrogen-bond donors (Lipinski definition) is 1. The van der Waals surface area contributed by atoms with E-state index in [1.165, 1.54) is 0 Å². The molecular weight excluding hydrogens is 244 g/mol. The van der Waals surface area contributed by atoms with Gasteiger partial charge in [0.05, 0.1) is 11.9 Å². The first kappa shape index (κ1) is 13.2. The second kappa shape index (κ2) is 5.63. The van der Waals surface area contributed by atoms with Crippen LogP contribution in [0.25, 0.3) is 10.6 Å². The van der Waals surface area contributed by atoms with Gasteiger partial charge in [-0.25, -0.2) is 4.98 Å². The number of thiazole rings is 1. The third kappa shape index (κ3) is 3.17. The van der Waals surface area contributed by atoms with Gasteiger partial charge in [0.1, 0.15) is 5.01 Å². The van der Waals surface area contributed by atoms with Crippen LogP contribution in [0.3, 0.4) is 0 Å². The van der Waals surface area contributed by atoms with E-state index in [-0.39, 0.29) is 0 Å². The molecule has 1 N–H and O–H groups in total. The summed E-state index contributed by atoms with van der Waals surface area (Å²) in [6.45, 7) is 9.35. The fourth-order valence-electron chi connectivity index (χ4n) is 1.56. The van der Waals surface area contributed by atoms with Crippen LogP contribution in [0.2, 0.25) is 0 Å². The highest BCUT2D eigenvalue weighted by atomic mass is 32.1. The van der Waals surface area contributed by atoms with Crippen molar-refractivity contribution in [2.24, 2.45) is 0 Å². The van der Waals surface area contributed by atoms with E-state index in [9.17, 15) is 0 Å². The zero-order valence-electron chi connectivity index (χ0n) is 11.3.